The summed E-state index contributed by atoms with van der Waals surface area (Å²) in [6, 6.07) is 2.43. The van der Waals surface area contributed by atoms with Gasteiger partial charge in [-0.25, -0.2) is 9.59 Å². The highest BCUT2D eigenvalue weighted by molar-refractivity contribution is 7.57. The molecule has 1 atom stereocenters. The molecule has 0 aromatic rings. The number of hydrogen-bond donors (Lipinski definition) is 1. The van der Waals surface area contributed by atoms with Crippen LogP contribution in [-0.4, -0.2) is 24.8 Å². The minimum atomic E-state index is -0.372. The Morgan fingerprint density at radius 3 is 2.83 bits per heavy atom. The summed E-state index contributed by atoms with van der Waals surface area (Å²) in [6.45, 7) is 1.32. The van der Waals surface area contributed by atoms with E-state index in [-0.39, 0.29) is 20.2 Å². The van der Waals surface area contributed by atoms with Crippen LogP contribution in [0.1, 0.15) is 6.92 Å². The first kappa shape index (κ1) is 11.0. The van der Waals surface area contributed by atoms with E-state index in [4.69, 9.17) is 0 Å². The van der Waals surface area contributed by atoms with Gasteiger partial charge in [-0.15, -0.1) is 0 Å². The predicted octanol–water partition coefficient (Wildman–Crippen LogP) is 0.815. The van der Waals surface area contributed by atoms with Gasteiger partial charge in [-0.1, -0.05) is 0 Å². The fraction of sp³-hybridized carbons (Fsp3) is 0.500. The van der Waals surface area contributed by atoms with E-state index < -0.39 is 0 Å². The number of hydrogen-bond acceptors (Lipinski definition) is 4. The van der Waals surface area contributed by atoms with Crippen molar-refractivity contribution >= 4 is 20.2 Å². The first-order chi connectivity index (χ1) is 5.66. The zero-order valence-electron chi connectivity index (χ0n) is 6.88. The largest absolute Gasteiger partial charge is 0.511 e. The van der Waals surface area contributed by atoms with Crippen molar-refractivity contribution in [3.05, 3.63) is 4.85 Å². The van der Waals surface area contributed by atoms with Gasteiger partial charge >= 0.3 is 11.6 Å². The minimum Gasteiger partial charge on any atom is -0.368 e. The van der Waals surface area contributed by atoms with Crippen molar-refractivity contribution < 1.29 is 14.4 Å². The highest BCUT2D eigenvalue weighted by Crippen LogP contribution is 2.10. The second kappa shape index (κ2) is 6.71. The molecular weight excluding hydrogens is 179 g/mol. The maximum Gasteiger partial charge on any atom is 0.511 e. The molecular formula is C6H10N2O3P+. The summed E-state index contributed by atoms with van der Waals surface area (Å²) in [5.41, 5.74) is 1.88. The van der Waals surface area contributed by atoms with Gasteiger partial charge in [0.15, 0.2) is 0 Å². The quantitative estimate of drug-likeness (QED) is 0.527. The Morgan fingerprint density at radius 2 is 2.33 bits per heavy atom. The lowest BCUT2D eigenvalue weighted by Crippen LogP contribution is -2.09. The van der Waals surface area contributed by atoms with E-state index in [1.165, 1.54) is 14.0 Å². The van der Waals surface area contributed by atoms with E-state index >= 15 is 0 Å². The van der Waals surface area contributed by atoms with Gasteiger partial charge < -0.3 is 4.84 Å². The van der Waals surface area contributed by atoms with E-state index in [0.29, 0.717) is 6.16 Å². The van der Waals surface area contributed by atoms with E-state index in [1.54, 1.807) is 0 Å². The van der Waals surface area contributed by atoms with Crippen molar-refractivity contribution in [2.75, 3.05) is 13.2 Å². The lowest BCUT2D eigenvalue weighted by atomic mass is 10.7. The molecule has 0 saturated carbocycles. The highest BCUT2D eigenvalue weighted by Gasteiger charge is 2.03. The molecule has 0 aliphatic heterocycles. The molecule has 0 heterocycles. The van der Waals surface area contributed by atoms with E-state index in [0.717, 1.165) is 0 Å². The number of nitrogens with zero attached hydrogens (tertiary/aromatic N) is 1. The summed E-state index contributed by atoms with van der Waals surface area (Å²) in [7, 11) is 1.43. The molecule has 5 nitrogen and oxygen atoms in total. The number of carbonyl (C=O) groups is 2. The molecule has 1 unspecified atom stereocenters. The molecule has 0 fully saturated rings. The van der Waals surface area contributed by atoms with Crippen LogP contribution >= 0.6 is 8.58 Å². The maximum atomic E-state index is 10.6. The lowest BCUT2D eigenvalue weighted by Gasteiger charge is -1.95. The predicted molar refractivity (Wildman–Crippen MR) is 46.7 cm³/mol. The maximum absolute atomic E-state index is 10.6. The van der Waals surface area contributed by atoms with Crippen molar-refractivity contribution in [2.45, 2.75) is 6.92 Å². The van der Waals surface area contributed by atoms with E-state index in [1.807, 2.05) is 0 Å². The first-order valence-corrected chi connectivity index (χ1v) is 4.43. The van der Waals surface area contributed by atoms with Gasteiger partial charge in [0.1, 0.15) is 6.16 Å². The third-order valence-corrected chi connectivity index (χ3v) is 1.47. The third kappa shape index (κ3) is 7.13. The van der Waals surface area contributed by atoms with Gasteiger partial charge in [0.05, 0.1) is 6.92 Å². The summed E-state index contributed by atoms with van der Waals surface area (Å²) in [4.78, 5) is 28.7. The molecule has 0 aromatic heterocycles. The van der Waals surface area contributed by atoms with Crippen LogP contribution in [0, 0.1) is 6.07 Å². The molecule has 1 N–H and O–H groups in total. The van der Waals surface area contributed by atoms with Crippen LogP contribution in [0.4, 0.5) is 4.79 Å². The van der Waals surface area contributed by atoms with Crippen molar-refractivity contribution in [1.82, 2.24) is 5.48 Å². The van der Waals surface area contributed by atoms with Crippen molar-refractivity contribution in [3.8, 4) is 6.07 Å². The summed E-state index contributed by atoms with van der Waals surface area (Å²) in [6.07, 6.45) is 0.320. The number of carbonyl (C=O) groups excluding carboxylic acids is 2. The smallest absolute Gasteiger partial charge is 0.368 e. The SMILES string of the molecule is CNOC(=O)PCC#[N+]C(C)=O. The Hall–Kier alpha value is -0.980. The van der Waals surface area contributed by atoms with E-state index in [9.17, 15) is 9.59 Å². The average Bonchev–Trinajstić information content (AvgIpc) is 1.98. The Labute approximate surface area is 72.0 Å². The monoisotopic (exact) mass is 189 g/mol. The Balaban J connectivity index is 3.51. The molecule has 0 aliphatic carbocycles. The molecule has 0 aromatic carbocycles. The fourth-order valence-electron chi connectivity index (χ4n) is 0.391. The number of amides is 1. The van der Waals surface area contributed by atoms with Crippen LogP contribution in [0.3, 0.4) is 0 Å². The number of hydroxylamine groups is 1. The molecule has 1 amide bonds. The van der Waals surface area contributed by atoms with Crippen LogP contribution in [0.15, 0.2) is 0 Å². The average molecular weight is 189 g/mol. The van der Waals surface area contributed by atoms with Gasteiger partial charge in [-0.3, -0.25) is 0 Å². The Kier molecular flexibility index (Phi) is 6.16. The van der Waals surface area contributed by atoms with Gasteiger partial charge in [0, 0.05) is 20.5 Å². The normalized spacial score (nSPS) is 9.17. The molecule has 0 saturated heterocycles. The van der Waals surface area contributed by atoms with Crippen LogP contribution < -0.4 is 5.48 Å². The first-order valence-electron chi connectivity index (χ1n) is 3.22. The van der Waals surface area contributed by atoms with Gasteiger partial charge in [-0.05, 0) is 0 Å². The molecule has 0 bridgehead atoms. The Bertz CT molecular complexity index is 231. The topological polar surface area (TPSA) is 59.8 Å². The summed E-state index contributed by atoms with van der Waals surface area (Å²) >= 11 is 0. The van der Waals surface area contributed by atoms with Crippen LogP contribution in [0.2, 0.25) is 0 Å². The van der Waals surface area contributed by atoms with E-state index in [2.05, 4.69) is 21.2 Å². The highest BCUT2D eigenvalue weighted by atomic mass is 31.1. The zero-order chi connectivity index (χ0) is 9.40. The zero-order valence-corrected chi connectivity index (χ0v) is 7.88. The van der Waals surface area contributed by atoms with Gasteiger partial charge in [0.25, 0.3) is 6.07 Å². The summed E-state index contributed by atoms with van der Waals surface area (Å²) in [5, 5.41) is 0. The number of nitrogens with one attached hydrogen (secondary N) is 1. The second-order valence-corrected chi connectivity index (χ2v) is 2.85. The molecule has 0 aliphatic rings. The fourth-order valence-corrected chi connectivity index (χ4v) is 0.868. The summed E-state index contributed by atoms with van der Waals surface area (Å²) < 4.78 is 0. The minimum absolute atomic E-state index is 0.0683. The van der Waals surface area contributed by atoms with Crippen LogP contribution in [0.5, 0.6) is 0 Å². The molecule has 12 heavy (non-hydrogen) atoms. The van der Waals surface area contributed by atoms with Gasteiger partial charge in [-0.2, -0.15) is 5.48 Å². The van der Waals surface area contributed by atoms with Crippen molar-refractivity contribution in [3.63, 3.8) is 0 Å². The molecule has 0 radical (unpaired) electrons. The second-order valence-electron chi connectivity index (χ2n) is 1.74. The summed E-state index contributed by atoms with van der Waals surface area (Å²) in [5.74, 6) is -0.318. The molecule has 6 heteroatoms. The third-order valence-electron chi connectivity index (χ3n) is 0.743. The molecule has 0 spiro atoms. The number of rotatable bonds is 3. The van der Waals surface area contributed by atoms with Gasteiger partial charge in [0.2, 0.25) is 0 Å². The van der Waals surface area contributed by atoms with Crippen molar-refractivity contribution in [2.24, 2.45) is 0 Å². The lowest BCUT2D eigenvalue weighted by molar-refractivity contribution is -0.112. The molecule has 66 valence electrons. The van der Waals surface area contributed by atoms with Crippen LogP contribution in [-0.2, 0) is 9.63 Å². The molecule has 0 rings (SSSR count). The van der Waals surface area contributed by atoms with Crippen LogP contribution in [0.25, 0.3) is 4.85 Å². The Morgan fingerprint density at radius 1 is 1.67 bits per heavy atom. The standard InChI is InChI=1S/C6H10N2O3P/c1-5(9)8-3-4-12-6(10)11-7-2/h7,12H,4H2,1-2H3/q+1. The van der Waals surface area contributed by atoms with Crippen molar-refractivity contribution in [1.29, 1.82) is 0 Å².